The van der Waals surface area contributed by atoms with Crippen LogP contribution >= 0.6 is 11.8 Å². The SMILES string of the molecule is CCNCc1cccc(CS(=O)(=O)N(C)CCSC)c1. The van der Waals surface area contributed by atoms with Crippen LogP contribution in [-0.4, -0.2) is 44.9 Å². The van der Waals surface area contributed by atoms with Crippen molar-refractivity contribution in [2.75, 3.05) is 32.1 Å². The Morgan fingerprint density at radius 1 is 1.30 bits per heavy atom. The van der Waals surface area contributed by atoms with E-state index in [9.17, 15) is 8.42 Å². The van der Waals surface area contributed by atoms with Crippen LogP contribution in [0.25, 0.3) is 0 Å². The van der Waals surface area contributed by atoms with Crippen molar-refractivity contribution < 1.29 is 8.42 Å². The van der Waals surface area contributed by atoms with Gasteiger partial charge in [0.2, 0.25) is 10.0 Å². The summed E-state index contributed by atoms with van der Waals surface area (Å²) in [6.07, 6.45) is 1.98. The van der Waals surface area contributed by atoms with Gasteiger partial charge >= 0.3 is 0 Å². The second-order valence-electron chi connectivity index (χ2n) is 4.67. The van der Waals surface area contributed by atoms with Crippen LogP contribution in [0, 0.1) is 0 Å². The van der Waals surface area contributed by atoms with Crippen molar-refractivity contribution in [3.8, 4) is 0 Å². The number of hydrogen-bond donors (Lipinski definition) is 1. The Morgan fingerprint density at radius 2 is 2.00 bits per heavy atom. The molecule has 0 radical (unpaired) electrons. The summed E-state index contributed by atoms with van der Waals surface area (Å²) in [5.41, 5.74) is 1.96. The number of hydrogen-bond acceptors (Lipinski definition) is 4. The van der Waals surface area contributed by atoms with E-state index >= 15 is 0 Å². The molecule has 20 heavy (non-hydrogen) atoms. The standard InChI is InChI=1S/C14H24N2O2S2/c1-4-15-11-13-6-5-7-14(10-13)12-20(17,18)16(2)8-9-19-3/h5-7,10,15H,4,8-9,11-12H2,1-3H3. The third kappa shape index (κ3) is 5.83. The number of nitrogens with zero attached hydrogens (tertiary/aromatic N) is 1. The predicted molar refractivity (Wildman–Crippen MR) is 87.5 cm³/mol. The normalized spacial score (nSPS) is 12.0. The minimum absolute atomic E-state index is 0.0673. The predicted octanol–water partition coefficient (Wildman–Crippen LogP) is 1.92. The zero-order valence-corrected chi connectivity index (χ0v) is 14.1. The summed E-state index contributed by atoms with van der Waals surface area (Å²) in [6, 6.07) is 7.76. The zero-order chi connectivity index (χ0) is 15.0. The Morgan fingerprint density at radius 3 is 2.65 bits per heavy atom. The van der Waals surface area contributed by atoms with Crippen molar-refractivity contribution >= 4 is 21.8 Å². The first-order valence-corrected chi connectivity index (χ1v) is 9.71. The van der Waals surface area contributed by atoms with Crippen molar-refractivity contribution in [1.29, 1.82) is 0 Å². The van der Waals surface area contributed by atoms with E-state index < -0.39 is 10.0 Å². The van der Waals surface area contributed by atoms with E-state index in [-0.39, 0.29) is 5.75 Å². The average Bonchev–Trinajstić information content (AvgIpc) is 2.42. The van der Waals surface area contributed by atoms with Crippen molar-refractivity contribution in [3.05, 3.63) is 35.4 Å². The van der Waals surface area contributed by atoms with Crippen LogP contribution < -0.4 is 5.32 Å². The molecule has 0 saturated carbocycles. The molecule has 0 saturated heterocycles. The summed E-state index contributed by atoms with van der Waals surface area (Å²) in [7, 11) is -1.58. The molecule has 114 valence electrons. The summed E-state index contributed by atoms with van der Waals surface area (Å²) in [5, 5.41) is 3.24. The van der Waals surface area contributed by atoms with Crippen LogP contribution in [0.1, 0.15) is 18.1 Å². The second kappa shape index (κ2) is 8.67. The highest BCUT2D eigenvalue weighted by molar-refractivity contribution is 7.98. The lowest BCUT2D eigenvalue weighted by Gasteiger charge is -2.16. The van der Waals surface area contributed by atoms with Gasteiger partial charge in [0.05, 0.1) is 5.75 Å². The molecule has 4 nitrogen and oxygen atoms in total. The maximum atomic E-state index is 12.2. The molecule has 1 aromatic carbocycles. The van der Waals surface area contributed by atoms with Gasteiger partial charge in [-0.3, -0.25) is 0 Å². The lowest BCUT2D eigenvalue weighted by atomic mass is 10.1. The molecule has 1 N–H and O–H groups in total. The van der Waals surface area contributed by atoms with Crippen molar-refractivity contribution in [2.24, 2.45) is 0 Å². The lowest BCUT2D eigenvalue weighted by molar-refractivity contribution is 0.487. The van der Waals surface area contributed by atoms with Crippen molar-refractivity contribution in [2.45, 2.75) is 19.2 Å². The van der Waals surface area contributed by atoms with E-state index in [1.54, 1.807) is 18.8 Å². The minimum Gasteiger partial charge on any atom is -0.313 e. The van der Waals surface area contributed by atoms with Gasteiger partial charge in [-0.25, -0.2) is 12.7 Å². The molecule has 0 bridgehead atoms. The quantitative estimate of drug-likeness (QED) is 0.756. The Balaban J connectivity index is 2.71. The Kier molecular flexibility index (Phi) is 7.58. The van der Waals surface area contributed by atoms with Gasteiger partial charge < -0.3 is 5.32 Å². The summed E-state index contributed by atoms with van der Waals surface area (Å²) < 4.78 is 25.9. The van der Waals surface area contributed by atoms with Gasteiger partial charge in [-0.1, -0.05) is 31.2 Å². The van der Waals surface area contributed by atoms with Gasteiger partial charge in [0, 0.05) is 25.9 Å². The molecular weight excluding hydrogens is 292 g/mol. The fourth-order valence-corrected chi connectivity index (χ4v) is 3.54. The third-order valence-electron chi connectivity index (χ3n) is 3.00. The number of thioether (sulfide) groups is 1. The van der Waals surface area contributed by atoms with Crippen LogP contribution in [-0.2, 0) is 22.3 Å². The highest BCUT2D eigenvalue weighted by Gasteiger charge is 2.18. The molecule has 0 amide bonds. The highest BCUT2D eigenvalue weighted by atomic mass is 32.2. The van der Waals surface area contributed by atoms with Gasteiger partial charge in [0.15, 0.2) is 0 Å². The van der Waals surface area contributed by atoms with Crippen LogP contribution in [0.5, 0.6) is 0 Å². The first-order chi connectivity index (χ1) is 9.49. The third-order valence-corrected chi connectivity index (χ3v) is 5.43. The number of sulfonamides is 1. The fourth-order valence-electron chi connectivity index (χ4n) is 1.78. The molecule has 1 aromatic rings. The molecule has 0 spiro atoms. The topological polar surface area (TPSA) is 49.4 Å². The molecule has 0 aromatic heterocycles. The van der Waals surface area contributed by atoms with Gasteiger partial charge in [-0.05, 0) is 23.9 Å². The molecule has 0 unspecified atom stereocenters. The second-order valence-corrected chi connectivity index (χ2v) is 7.73. The fraction of sp³-hybridized carbons (Fsp3) is 0.571. The van der Waals surface area contributed by atoms with Gasteiger partial charge in [-0.2, -0.15) is 11.8 Å². The van der Waals surface area contributed by atoms with E-state index in [0.717, 1.165) is 30.0 Å². The molecule has 6 heteroatoms. The molecule has 0 atom stereocenters. The van der Waals surface area contributed by atoms with E-state index in [1.165, 1.54) is 4.31 Å². The summed E-state index contributed by atoms with van der Waals surface area (Å²) in [6.45, 7) is 4.28. The van der Waals surface area contributed by atoms with Crippen LogP contribution in [0.15, 0.2) is 24.3 Å². The summed E-state index contributed by atoms with van der Waals surface area (Å²) >= 11 is 1.65. The number of benzene rings is 1. The molecular formula is C14H24N2O2S2. The number of rotatable bonds is 9. The van der Waals surface area contributed by atoms with Gasteiger partial charge in [-0.15, -0.1) is 0 Å². The zero-order valence-electron chi connectivity index (χ0n) is 12.4. The van der Waals surface area contributed by atoms with E-state index in [0.29, 0.717) is 6.54 Å². The first kappa shape index (κ1) is 17.5. The largest absolute Gasteiger partial charge is 0.313 e. The first-order valence-electron chi connectivity index (χ1n) is 6.71. The molecule has 0 aliphatic carbocycles. The lowest BCUT2D eigenvalue weighted by Crippen LogP contribution is -2.30. The maximum Gasteiger partial charge on any atom is 0.218 e. The smallest absolute Gasteiger partial charge is 0.218 e. The monoisotopic (exact) mass is 316 g/mol. The molecule has 0 heterocycles. The maximum absolute atomic E-state index is 12.2. The summed E-state index contributed by atoms with van der Waals surface area (Å²) in [5.74, 6) is 0.883. The highest BCUT2D eigenvalue weighted by Crippen LogP contribution is 2.12. The summed E-state index contributed by atoms with van der Waals surface area (Å²) in [4.78, 5) is 0. The minimum atomic E-state index is -3.22. The molecule has 0 aliphatic heterocycles. The van der Waals surface area contributed by atoms with E-state index in [4.69, 9.17) is 0 Å². The van der Waals surface area contributed by atoms with Gasteiger partial charge in [0.25, 0.3) is 0 Å². The Labute approximate surface area is 127 Å². The van der Waals surface area contributed by atoms with Crippen LogP contribution in [0.2, 0.25) is 0 Å². The van der Waals surface area contributed by atoms with E-state index in [1.807, 2.05) is 30.5 Å². The van der Waals surface area contributed by atoms with Gasteiger partial charge in [0.1, 0.15) is 0 Å². The average molecular weight is 316 g/mol. The molecule has 0 fully saturated rings. The number of nitrogens with one attached hydrogen (secondary N) is 1. The molecule has 1 rings (SSSR count). The van der Waals surface area contributed by atoms with Crippen LogP contribution in [0.4, 0.5) is 0 Å². The van der Waals surface area contributed by atoms with E-state index in [2.05, 4.69) is 12.2 Å². The Hall–Kier alpha value is -0.560. The van der Waals surface area contributed by atoms with Crippen molar-refractivity contribution in [3.63, 3.8) is 0 Å². The van der Waals surface area contributed by atoms with Crippen molar-refractivity contribution in [1.82, 2.24) is 9.62 Å². The molecule has 0 aliphatic rings. The van der Waals surface area contributed by atoms with Crippen LogP contribution in [0.3, 0.4) is 0 Å². The Bertz CT molecular complexity index is 504.